The zero-order valence-corrected chi connectivity index (χ0v) is 24.5. The van der Waals surface area contributed by atoms with Crippen LogP contribution < -0.4 is 15.5 Å². The number of nitrogens with zero attached hydrogens (tertiary/aromatic N) is 4. The molecular formula is C31H40N6O6. The highest BCUT2D eigenvalue weighted by Gasteiger charge is 2.46. The van der Waals surface area contributed by atoms with Crippen molar-refractivity contribution in [3.05, 3.63) is 29.3 Å². The molecule has 1 atom stereocenters. The van der Waals surface area contributed by atoms with Crippen LogP contribution in [-0.4, -0.2) is 108 Å². The minimum absolute atomic E-state index is 0.0635. The average molecular weight is 593 g/mol. The van der Waals surface area contributed by atoms with E-state index in [1.165, 1.54) is 19.3 Å². The Bertz CT molecular complexity index is 1310. The number of piperazine rings is 1. The first kappa shape index (κ1) is 29.3. The lowest BCUT2D eigenvalue weighted by atomic mass is 9.94. The van der Waals surface area contributed by atoms with Crippen LogP contribution in [0.1, 0.15) is 78.5 Å². The third kappa shape index (κ3) is 6.02. The molecule has 3 saturated heterocycles. The van der Waals surface area contributed by atoms with E-state index < -0.39 is 29.7 Å². The third-order valence-corrected chi connectivity index (χ3v) is 9.65. The van der Waals surface area contributed by atoms with Crippen LogP contribution in [0.15, 0.2) is 18.2 Å². The van der Waals surface area contributed by atoms with Gasteiger partial charge in [-0.05, 0) is 57.3 Å². The van der Waals surface area contributed by atoms with Crippen LogP contribution in [0.4, 0.5) is 5.69 Å². The van der Waals surface area contributed by atoms with Crippen molar-refractivity contribution in [2.45, 2.75) is 69.9 Å². The van der Waals surface area contributed by atoms with Crippen molar-refractivity contribution in [3.8, 4) is 0 Å². The number of hydrogen-bond donors (Lipinski definition) is 2. The summed E-state index contributed by atoms with van der Waals surface area (Å²) in [5, 5.41) is 5.41. The first-order chi connectivity index (χ1) is 20.8. The monoisotopic (exact) mass is 592 g/mol. The number of benzene rings is 1. The number of carbonyl (C=O) groups excluding carboxylic acids is 6. The van der Waals surface area contributed by atoms with Gasteiger partial charge in [-0.1, -0.05) is 25.3 Å². The van der Waals surface area contributed by atoms with Crippen molar-refractivity contribution < 1.29 is 28.8 Å². The van der Waals surface area contributed by atoms with E-state index >= 15 is 0 Å². The van der Waals surface area contributed by atoms with Crippen molar-refractivity contribution in [1.29, 1.82) is 0 Å². The molecule has 4 fully saturated rings. The van der Waals surface area contributed by atoms with Crippen molar-refractivity contribution in [3.63, 3.8) is 0 Å². The summed E-state index contributed by atoms with van der Waals surface area (Å²) < 4.78 is 0. The fourth-order valence-corrected chi connectivity index (χ4v) is 7.25. The van der Waals surface area contributed by atoms with E-state index in [4.69, 9.17) is 0 Å². The summed E-state index contributed by atoms with van der Waals surface area (Å²) in [4.78, 5) is 83.7. The van der Waals surface area contributed by atoms with Gasteiger partial charge in [-0.3, -0.25) is 43.9 Å². The van der Waals surface area contributed by atoms with E-state index in [0.29, 0.717) is 44.5 Å². The first-order valence-corrected chi connectivity index (χ1v) is 15.7. The Balaban J connectivity index is 1.01. The second kappa shape index (κ2) is 12.4. The van der Waals surface area contributed by atoms with Crippen molar-refractivity contribution in [1.82, 2.24) is 25.3 Å². The molecule has 1 saturated carbocycles. The lowest BCUT2D eigenvalue weighted by molar-refractivity contribution is -0.138. The topological polar surface area (TPSA) is 139 Å². The predicted molar refractivity (Wildman–Crippen MR) is 156 cm³/mol. The highest BCUT2D eigenvalue weighted by Crippen LogP contribution is 2.35. The lowest BCUT2D eigenvalue weighted by Crippen LogP contribution is -2.54. The molecule has 230 valence electrons. The Morgan fingerprint density at radius 2 is 1.56 bits per heavy atom. The number of fused-ring (bicyclic) bond motifs is 1. The molecular weight excluding hydrogens is 552 g/mol. The smallest absolute Gasteiger partial charge is 0.264 e. The highest BCUT2D eigenvalue weighted by molar-refractivity contribution is 6.25. The summed E-state index contributed by atoms with van der Waals surface area (Å²) >= 11 is 0. The molecule has 1 aliphatic carbocycles. The number of hydrogen-bond acceptors (Lipinski definition) is 8. The Morgan fingerprint density at radius 1 is 0.837 bits per heavy atom. The molecule has 0 spiro atoms. The SMILES string of the molecule is O=C1CCC(N2C(=O)c3cccc(N4CCN(C(=O)C5CCN(CC(=O)NC6CCCCC6)CC5)CC4)c3C2=O)C(=O)N1. The molecule has 6 rings (SSSR count). The van der Waals surface area contributed by atoms with Crippen LogP contribution in [0, 0.1) is 5.92 Å². The first-order valence-electron chi connectivity index (χ1n) is 15.7. The van der Waals surface area contributed by atoms with Gasteiger partial charge in [0.2, 0.25) is 23.6 Å². The zero-order chi connectivity index (χ0) is 30.1. The number of piperidine rings is 2. The van der Waals surface area contributed by atoms with Gasteiger partial charge < -0.3 is 15.1 Å². The Morgan fingerprint density at radius 3 is 2.26 bits per heavy atom. The molecule has 1 aromatic carbocycles. The Hall–Kier alpha value is -3.80. The van der Waals surface area contributed by atoms with Crippen LogP contribution in [0.25, 0.3) is 0 Å². The van der Waals surface area contributed by atoms with E-state index in [0.717, 1.165) is 43.7 Å². The summed E-state index contributed by atoms with van der Waals surface area (Å²) in [6.07, 6.45) is 7.39. The fraction of sp³-hybridized carbons (Fsp3) is 0.613. The fourth-order valence-electron chi connectivity index (χ4n) is 7.25. The van der Waals surface area contributed by atoms with Crippen LogP contribution in [0.2, 0.25) is 0 Å². The molecule has 12 nitrogen and oxygen atoms in total. The minimum atomic E-state index is -1.01. The van der Waals surface area contributed by atoms with Gasteiger partial charge in [0.25, 0.3) is 11.8 Å². The predicted octanol–water partition coefficient (Wildman–Crippen LogP) is 0.897. The summed E-state index contributed by atoms with van der Waals surface area (Å²) in [5.74, 6) is -1.93. The van der Waals surface area contributed by atoms with Crippen LogP contribution in [0.5, 0.6) is 0 Å². The summed E-state index contributed by atoms with van der Waals surface area (Å²) in [5.41, 5.74) is 1.15. The molecule has 0 aromatic heterocycles. The van der Waals surface area contributed by atoms with Gasteiger partial charge in [0.15, 0.2) is 0 Å². The van der Waals surface area contributed by atoms with Crippen LogP contribution in [0.3, 0.4) is 0 Å². The summed E-state index contributed by atoms with van der Waals surface area (Å²) in [7, 11) is 0. The second-order valence-electron chi connectivity index (χ2n) is 12.4. The molecule has 0 radical (unpaired) electrons. The van der Waals surface area contributed by atoms with Gasteiger partial charge in [0.05, 0.1) is 23.4 Å². The van der Waals surface area contributed by atoms with Crippen molar-refractivity contribution >= 4 is 41.1 Å². The number of carbonyl (C=O) groups is 6. The maximum Gasteiger partial charge on any atom is 0.264 e. The lowest BCUT2D eigenvalue weighted by Gasteiger charge is -2.39. The molecule has 4 heterocycles. The molecule has 12 heteroatoms. The van der Waals surface area contributed by atoms with E-state index in [1.807, 2.05) is 9.80 Å². The summed E-state index contributed by atoms with van der Waals surface area (Å²) in [6, 6.07) is 4.42. The van der Waals surface area contributed by atoms with Gasteiger partial charge >= 0.3 is 0 Å². The number of nitrogens with one attached hydrogen (secondary N) is 2. The Kier molecular flexibility index (Phi) is 8.47. The van der Waals surface area contributed by atoms with Gasteiger partial charge in [0, 0.05) is 44.6 Å². The van der Waals surface area contributed by atoms with E-state index in [2.05, 4.69) is 15.5 Å². The van der Waals surface area contributed by atoms with Gasteiger partial charge in [-0.15, -0.1) is 0 Å². The largest absolute Gasteiger partial charge is 0.367 e. The average Bonchev–Trinajstić information content (AvgIpc) is 3.27. The molecule has 43 heavy (non-hydrogen) atoms. The number of rotatable bonds is 6. The maximum atomic E-state index is 13.5. The van der Waals surface area contributed by atoms with Gasteiger partial charge in [0.1, 0.15) is 6.04 Å². The van der Waals surface area contributed by atoms with Gasteiger partial charge in [-0.2, -0.15) is 0 Å². The summed E-state index contributed by atoms with van der Waals surface area (Å²) in [6.45, 7) is 3.88. The minimum Gasteiger partial charge on any atom is -0.367 e. The van der Waals surface area contributed by atoms with Crippen molar-refractivity contribution in [2.75, 3.05) is 50.7 Å². The van der Waals surface area contributed by atoms with Crippen LogP contribution in [-0.2, 0) is 19.2 Å². The number of likely N-dealkylation sites (tertiary alicyclic amines) is 1. The number of amides is 6. The van der Waals surface area contributed by atoms with E-state index in [9.17, 15) is 28.8 Å². The highest BCUT2D eigenvalue weighted by atomic mass is 16.2. The Labute approximate surface area is 251 Å². The number of anilines is 1. The molecule has 0 bridgehead atoms. The normalized spacial score (nSPS) is 24.3. The number of imide groups is 2. The third-order valence-electron chi connectivity index (χ3n) is 9.65. The second-order valence-corrected chi connectivity index (χ2v) is 12.4. The zero-order valence-electron chi connectivity index (χ0n) is 24.5. The van der Waals surface area contributed by atoms with Crippen molar-refractivity contribution in [2.24, 2.45) is 5.92 Å². The molecule has 1 aromatic rings. The molecule has 2 N–H and O–H groups in total. The molecule has 4 aliphatic heterocycles. The molecule has 1 unspecified atom stereocenters. The van der Waals surface area contributed by atoms with Crippen LogP contribution >= 0.6 is 0 Å². The maximum absolute atomic E-state index is 13.5. The standard InChI is InChI=1S/C31H40N6O6/c38-25-10-9-24(28(40)33-25)37-30(42)22-7-4-8-23(27(22)31(37)43)35-15-17-36(18-16-35)29(41)20-11-13-34(14-12-20)19-26(39)32-21-5-2-1-3-6-21/h4,7-8,20-21,24H,1-3,5-6,9-19H2,(H,32,39)(H,33,38,40). The molecule has 5 aliphatic rings. The molecule has 6 amide bonds. The van der Waals surface area contributed by atoms with E-state index in [1.54, 1.807) is 18.2 Å². The quantitative estimate of drug-likeness (QED) is 0.465. The van der Waals surface area contributed by atoms with E-state index in [-0.39, 0.29) is 41.7 Å². The van der Waals surface area contributed by atoms with Gasteiger partial charge in [-0.25, -0.2) is 0 Å².